The molecule has 2 aliphatic rings. The number of ether oxygens (including phenoxy) is 2. The summed E-state index contributed by atoms with van der Waals surface area (Å²) >= 11 is 0. The molecular weight excluding hydrogens is 374 g/mol. The van der Waals surface area contributed by atoms with E-state index < -0.39 is 28.1 Å². The Hall–Kier alpha value is -1.88. The second kappa shape index (κ2) is 8.42. The van der Waals surface area contributed by atoms with Crippen LogP contribution < -0.4 is 24.8 Å². The monoisotopic (exact) mass is 399 g/mol. The Kier molecular flexibility index (Phi) is 6.20. The third-order valence-corrected chi connectivity index (χ3v) is 6.14. The molecule has 3 atom stereocenters. The molecule has 0 spiro atoms. The van der Waals surface area contributed by atoms with Crippen molar-refractivity contribution in [3.05, 3.63) is 18.2 Å². The van der Waals surface area contributed by atoms with Crippen LogP contribution in [-0.4, -0.2) is 64.4 Å². The van der Waals surface area contributed by atoms with Gasteiger partial charge in [-0.15, -0.1) is 0 Å². The molecule has 2 heterocycles. The van der Waals surface area contributed by atoms with Gasteiger partial charge in [0.05, 0.1) is 30.3 Å². The molecule has 1 fully saturated rings. The molecule has 9 nitrogen and oxygen atoms in total. The molecule has 4 N–H and O–H groups in total. The molecule has 150 valence electrons. The highest BCUT2D eigenvalue weighted by Crippen LogP contribution is 2.31. The number of benzene rings is 1. The maximum atomic E-state index is 12.6. The first-order valence-corrected chi connectivity index (χ1v) is 10.4. The maximum absolute atomic E-state index is 12.6. The van der Waals surface area contributed by atoms with Gasteiger partial charge >= 0.3 is 0 Å². The van der Waals surface area contributed by atoms with E-state index in [1.165, 1.54) is 19.1 Å². The van der Waals surface area contributed by atoms with Gasteiger partial charge in [-0.1, -0.05) is 0 Å². The lowest BCUT2D eigenvalue weighted by Gasteiger charge is -2.18. The van der Waals surface area contributed by atoms with Gasteiger partial charge in [0.25, 0.3) is 0 Å². The highest BCUT2D eigenvalue weighted by molar-refractivity contribution is 7.89. The van der Waals surface area contributed by atoms with E-state index in [0.717, 1.165) is 6.42 Å². The van der Waals surface area contributed by atoms with Crippen molar-refractivity contribution in [2.45, 2.75) is 30.4 Å². The fourth-order valence-corrected chi connectivity index (χ4v) is 4.20. The average molecular weight is 399 g/mol. The molecule has 0 aromatic heterocycles. The zero-order valence-electron chi connectivity index (χ0n) is 15.1. The summed E-state index contributed by atoms with van der Waals surface area (Å²) in [4.78, 5) is 12.2. The third-order valence-electron chi connectivity index (χ3n) is 4.60. The highest BCUT2D eigenvalue weighted by Gasteiger charge is 2.27. The predicted molar refractivity (Wildman–Crippen MR) is 97.2 cm³/mol. The lowest BCUT2D eigenvalue weighted by Crippen LogP contribution is -2.46. The molecule has 3 rings (SSSR count). The lowest BCUT2D eigenvalue weighted by atomic mass is 10.1. The van der Waals surface area contributed by atoms with Gasteiger partial charge < -0.3 is 25.2 Å². The van der Waals surface area contributed by atoms with Crippen molar-refractivity contribution in [2.75, 3.05) is 32.8 Å². The first-order valence-electron chi connectivity index (χ1n) is 8.95. The molecule has 0 aliphatic carbocycles. The van der Waals surface area contributed by atoms with Crippen LogP contribution in [0.5, 0.6) is 11.5 Å². The molecule has 0 bridgehead atoms. The number of sulfonamides is 1. The average Bonchev–Trinajstić information content (AvgIpc) is 2.90. The van der Waals surface area contributed by atoms with Crippen LogP contribution in [0.3, 0.4) is 0 Å². The van der Waals surface area contributed by atoms with Crippen molar-refractivity contribution in [3.63, 3.8) is 0 Å². The molecule has 1 aromatic rings. The zero-order chi connectivity index (χ0) is 19.4. The fraction of sp³-hybridized carbons (Fsp3) is 0.588. The third kappa shape index (κ3) is 4.89. The topological polar surface area (TPSA) is 126 Å². The standard InChI is InChI=1S/C17H25N3O6S/c1-11(17(22)19-9-12-8-18-10-14(12)21)20-27(23,24)13-3-4-15-16(7-13)26-6-2-5-25-15/h3-4,7,11-12,14,18,20-21H,2,5-6,8-10H2,1H3,(H,19,22). The number of fused-ring (bicyclic) bond motifs is 1. The van der Waals surface area contributed by atoms with E-state index in [-0.39, 0.29) is 17.4 Å². The highest BCUT2D eigenvalue weighted by atomic mass is 32.2. The molecule has 1 saturated heterocycles. The van der Waals surface area contributed by atoms with Crippen LogP contribution in [-0.2, 0) is 14.8 Å². The van der Waals surface area contributed by atoms with E-state index in [2.05, 4.69) is 15.4 Å². The number of carbonyl (C=O) groups excluding carboxylic acids is 1. The summed E-state index contributed by atoms with van der Waals surface area (Å²) in [6.45, 7) is 3.82. The number of rotatable bonds is 6. The van der Waals surface area contributed by atoms with E-state index in [4.69, 9.17) is 9.47 Å². The van der Waals surface area contributed by atoms with Crippen molar-refractivity contribution < 1.29 is 27.8 Å². The quantitative estimate of drug-likeness (QED) is 0.494. The number of hydrogen-bond acceptors (Lipinski definition) is 7. The lowest BCUT2D eigenvalue weighted by molar-refractivity contribution is -0.122. The maximum Gasteiger partial charge on any atom is 0.241 e. The van der Waals surface area contributed by atoms with Gasteiger partial charge in [-0.2, -0.15) is 4.72 Å². The molecule has 27 heavy (non-hydrogen) atoms. The van der Waals surface area contributed by atoms with Crippen LogP contribution in [0.1, 0.15) is 13.3 Å². The van der Waals surface area contributed by atoms with Crippen molar-refractivity contribution >= 4 is 15.9 Å². The molecule has 2 aliphatic heterocycles. The van der Waals surface area contributed by atoms with Gasteiger partial charge in [-0.25, -0.2) is 8.42 Å². The van der Waals surface area contributed by atoms with Gasteiger partial charge in [-0.05, 0) is 19.1 Å². The second-order valence-electron chi connectivity index (χ2n) is 6.73. The Morgan fingerprint density at radius 1 is 1.30 bits per heavy atom. The van der Waals surface area contributed by atoms with Crippen molar-refractivity contribution in [3.8, 4) is 11.5 Å². The van der Waals surface area contributed by atoms with E-state index >= 15 is 0 Å². The SMILES string of the molecule is CC(NS(=O)(=O)c1ccc2c(c1)OCCCO2)C(=O)NCC1CNCC1O. The summed E-state index contributed by atoms with van der Waals surface area (Å²) in [5.74, 6) is 0.336. The zero-order valence-corrected chi connectivity index (χ0v) is 15.9. The Morgan fingerprint density at radius 2 is 2.04 bits per heavy atom. The number of carbonyl (C=O) groups is 1. The van der Waals surface area contributed by atoms with Crippen LogP contribution in [0.2, 0.25) is 0 Å². The molecule has 3 unspecified atom stereocenters. The van der Waals surface area contributed by atoms with Gasteiger partial charge in [-0.3, -0.25) is 4.79 Å². The first kappa shape index (κ1) is 19.9. The number of aliphatic hydroxyl groups excluding tert-OH is 1. The number of amides is 1. The number of hydrogen-bond donors (Lipinski definition) is 4. The summed E-state index contributed by atoms with van der Waals surface area (Å²) in [6.07, 6.45) is 0.205. The normalized spacial score (nSPS) is 23.5. The molecule has 0 saturated carbocycles. The summed E-state index contributed by atoms with van der Waals surface area (Å²) in [6, 6.07) is 3.40. The fourth-order valence-electron chi connectivity index (χ4n) is 2.98. The summed E-state index contributed by atoms with van der Waals surface area (Å²) in [5, 5.41) is 15.5. The van der Waals surface area contributed by atoms with Gasteiger partial charge in [0.2, 0.25) is 15.9 Å². The summed E-state index contributed by atoms with van der Waals surface area (Å²) in [5.41, 5.74) is 0. The molecule has 1 aromatic carbocycles. The molecule has 10 heteroatoms. The van der Waals surface area contributed by atoms with E-state index in [1.54, 1.807) is 6.07 Å². The minimum Gasteiger partial charge on any atom is -0.490 e. The smallest absolute Gasteiger partial charge is 0.241 e. The van der Waals surface area contributed by atoms with Gasteiger partial charge in [0.1, 0.15) is 0 Å². The van der Waals surface area contributed by atoms with Crippen LogP contribution in [0.25, 0.3) is 0 Å². The predicted octanol–water partition coefficient (Wildman–Crippen LogP) is -0.789. The molecule has 0 radical (unpaired) electrons. The van der Waals surface area contributed by atoms with Crippen LogP contribution in [0.15, 0.2) is 23.1 Å². The minimum absolute atomic E-state index is 0.00168. The molecular formula is C17H25N3O6S. The van der Waals surface area contributed by atoms with Crippen molar-refractivity contribution in [2.24, 2.45) is 5.92 Å². The second-order valence-corrected chi connectivity index (χ2v) is 8.45. The Labute approximate surface area is 158 Å². The largest absolute Gasteiger partial charge is 0.490 e. The Morgan fingerprint density at radius 3 is 2.74 bits per heavy atom. The van der Waals surface area contributed by atoms with E-state index in [9.17, 15) is 18.3 Å². The van der Waals surface area contributed by atoms with E-state index in [1.807, 2.05) is 0 Å². The number of β-amino-alcohol motifs (C(OH)–C–C–N with tert-alkyl or cyclic N) is 1. The summed E-state index contributed by atoms with van der Waals surface area (Å²) in [7, 11) is -3.91. The molecule has 1 amide bonds. The Balaban J connectivity index is 1.61. The van der Waals surface area contributed by atoms with Gasteiger partial charge in [0, 0.05) is 38.0 Å². The van der Waals surface area contributed by atoms with Crippen LogP contribution >= 0.6 is 0 Å². The van der Waals surface area contributed by atoms with Gasteiger partial charge in [0.15, 0.2) is 11.5 Å². The van der Waals surface area contributed by atoms with Crippen LogP contribution in [0, 0.1) is 5.92 Å². The number of nitrogens with one attached hydrogen (secondary N) is 3. The minimum atomic E-state index is -3.91. The first-order chi connectivity index (χ1) is 12.9. The summed E-state index contributed by atoms with van der Waals surface area (Å²) < 4.78 is 38.6. The van der Waals surface area contributed by atoms with Crippen LogP contribution in [0.4, 0.5) is 0 Å². The number of aliphatic hydroxyl groups is 1. The Bertz CT molecular complexity index is 785. The van der Waals surface area contributed by atoms with Crippen molar-refractivity contribution in [1.82, 2.24) is 15.4 Å². The van der Waals surface area contributed by atoms with Crippen molar-refractivity contribution in [1.29, 1.82) is 0 Å². The van der Waals surface area contributed by atoms with E-state index in [0.29, 0.717) is 37.8 Å².